The van der Waals surface area contributed by atoms with E-state index in [2.05, 4.69) is 37.7 Å². The summed E-state index contributed by atoms with van der Waals surface area (Å²) in [4.78, 5) is 18.5. The maximum atomic E-state index is 12.3. The van der Waals surface area contributed by atoms with Crippen molar-refractivity contribution in [3.05, 3.63) is 0 Å². The van der Waals surface area contributed by atoms with Gasteiger partial charge in [-0.15, -0.1) is 0 Å². The van der Waals surface area contributed by atoms with E-state index in [-0.39, 0.29) is 17.5 Å². The van der Waals surface area contributed by atoms with Crippen LogP contribution < -0.4 is 5.73 Å². The summed E-state index contributed by atoms with van der Waals surface area (Å²) in [5.41, 5.74) is 5.85. The van der Waals surface area contributed by atoms with Gasteiger partial charge < -0.3 is 15.5 Å². The van der Waals surface area contributed by atoms with Crippen molar-refractivity contribution in [2.45, 2.75) is 31.8 Å². The Morgan fingerprint density at radius 3 is 2.56 bits per heavy atom. The van der Waals surface area contributed by atoms with Crippen LogP contribution >= 0.6 is 0 Å². The molecule has 0 aromatic heterocycles. The average Bonchev–Trinajstić information content (AvgIpc) is 2.36. The Morgan fingerprint density at radius 1 is 1.44 bits per heavy atom. The molecule has 5 nitrogen and oxygen atoms in total. The van der Waals surface area contributed by atoms with E-state index < -0.39 is 0 Å². The zero-order chi connectivity index (χ0) is 13.9. The molecule has 2 N–H and O–H groups in total. The molecule has 1 amide bonds. The summed E-state index contributed by atoms with van der Waals surface area (Å²) >= 11 is 0. The summed E-state index contributed by atoms with van der Waals surface area (Å²) in [6.07, 6.45) is 0.985. The van der Waals surface area contributed by atoms with E-state index in [1.54, 1.807) is 0 Å². The first-order valence-corrected chi connectivity index (χ1v) is 6.66. The molecule has 0 radical (unpaired) electrons. The van der Waals surface area contributed by atoms with Crippen LogP contribution in [0.15, 0.2) is 0 Å². The fourth-order valence-electron chi connectivity index (χ4n) is 2.50. The lowest BCUT2D eigenvalue weighted by atomic mass is 9.96. The fraction of sp³-hybridized carbons (Fsp3) is 0.923. The molecule has 1 aliphatic heterocycles. The lowest BCUT2D eigenvalue weighted by Crippen LogP contribution is -2.57. The molecule has 106 valence electrons. The molecule has 1 aliphatic rings. The van der Waals surface area contributed by atoms with E-state index >= 15 is 0 Å². The van der Waals surface area contributed by atoms with Crippen LogP contribution in [0.2, 0.25) is 0 Å². The largest absolute Gasteiger partial charge is 0.344 e. The number of nitrogens with zero attached hydrogens (tertiary/aromatic N) is 3. The highest BCUT2D eigenvalue weighted by atomic mass is 16.2. The van der Waals surface area contributed by atoms with Crippen molar-refractivity contribution in [1.29, 1.82) is 0 Å². The molecule has 1 unspecified atom stereocenters. The van der Waals surface area contributed by atoms with Crippen LogP contribution in [0.1, 0.15) is 20.3 Å². The number of hydrogen-bond acceptors (Lipinski definition) is 4. The molecule has 1 heterocycles. The van der Waals surface area contributed by atoms with E-state index in [9.17, 15) is 4.79 Å². The quantitative estimate of drug-likeness (QED) is 0.758. The molecule has 0 aromatic rings. The number of hydrogen-bond donors (Lipinski definition) is 1. The van der Waals surface area contributed by atoms with Crippen molar-refractivity contribution >= 4 is 5.91 Å². The molecular formula is C13H28N4O. The maximum absolute atomic E-state index is 12.3. The standard InChI is InChI=1S/C13H28N4O/c1-13(2)6-7-16(5)12(18)11(10-14)17(13)9-8-15(3)4/h11H,6-10,14H2,1-5H3. The van der Waals surface area contributed by atoms with Crippen molar-refractivity contribution in [1.82, 2.24) is 14.7 Å². The average molecular weight is 256 g/mol. The maximum Gasteiger partial charge on any atom is 0.240 e. The number of likely N-dealkylation sites (N-methyl/N-ethyl adjacent to an activating group) is 2. The van der Waals surface area contributed by atoms with Crippen molar-refractivity contribution < 1.29 is 4.79 Å². The van der Waals surface area contributed by atoms with E-state index in [1.165, 1.54) is 0 Å². The zero-order valence-corrected chi connectivity index (χ0v) is 12.4. The summed E-state index contributed by atoms with van der Waals surface area (Å²) in [6.45, 7) is 7.43. The Labute approximate surface area is 111 Å². The van der Waals surface area contributed by atoms with Crippen molar-refractivity contribution in [2.75, 3.05) is 47.3 Å². The number of amides is 1. The van der Waals surface area contributed by atoms with E-state index in [0.29, 0.717) is 6.54 Å². The highest BCUT2D eigenvalue weighted by Gasteiger charge is 2.39. The lowest BCUT2D eigenvalue weighted by molar-refractivity contribution is -0.134. The van der Waals surface area contributed by atoms with Crippen LogP contribution in [0.4, 0.5) is 0 Å². The topological polar surface area (TPSA) is 52.8 Å². The van der Waals surface area contributed by atoms with Crippen LogP contribution in [0.25, 0.3) is 0 Å². The van der Waals surface area contributed by atoms with E-state index in [1.807, 2.05) is 11.9 Å². The predicted octanol–water partition coefficient (Wildman–Crippen LogP) is -0.182. The van der Waals surface area contributed by atoms with Crippen LogP contribution in [0.3, 0.4) is 0 Å². The van der Waals surface area contributed by atoms with Gasteiger partial charge >= 0.3 is 0 Å². The second-order valence-electron chi connectivity index (χ2n) is 6.07. The molecule has 18 heavy (non-hydrogen) atoms. The van der Waals surface area contributed by atoms with Gasteiger partial charge in [0.1, 0.15) is 6.04 Å². The zero-order valence-electron chi connectivity index (χ0n) is 12.4. The second-order valence-corrected chi connectivity index (χ2v) is 6.07. The second kappa shape index (κ2) is 5.99. The molecule has 5 heteroatoms. The normalized spacial score (nSPS) is 25.6. The molecule has 0 spiro atoms. The Kier molecular flexibility index (Phi) is 5.13. The first kappa shape index (κ1) is 15.4. The Hall–Kier alpha value is -0.650. The number of carbonyl (C=O) groups excluding carboxylic acids is 1. The molecular weight excluding hydrogens is 228 g/mol. The van der Waals surface area contributed by atoms with Crippen molar-refractivity contribution in [3.8, 4) is 0 Å². The Bertz CT molecular complexity index is 291. The van der Waals surface area contributed by atoms with Gasteiger partial charge in [-0.05, 0) is 34.4 Å². The first-order valence-electron chi connectivity index (χ1n) is 6.66. The lowest BCUT2D eigenvalue weighted by Gasteiger charge is -2.41. The van der Waals surface area contributed by atoms with Gasteiger partial charge in [0, 0.05) is 38.8 Å². The molecule has 1 rings (SSSR count). The fourth-order valence-corrected chi connectivity index (χ4v) is 2.50. The van der Waals surface area contributed by atoms with Crippen molar-refractivity contribution in [2.24, 2.45) is 5.73 Å². The molecule has 0 bridgehead atoms. The van der Waals surface area contributed by atoms with Crippen LogP contribution in [0, 0.1) is 0 Å². The highest BCUT2D eigenvalue weighted by Crippen LogP contribution is 2.25. The molecule has 0 aromatic carbocycles. The monoisotopic (exact) mass is 256 g/mol. The molecule has 0 saturated carbocycles. The minimum Gasteiger partial charge on any atom is -0.344 e. The number of carbonyl (C=O) groups is 1. The summed E-state index contributed by atoms with van der Waals surface area (Å²) in [5, 5.41) is 0. The summed E-state index contributed by atoms with van der Waals surface area (Å²) < 4.78 is 0. The van der Waals surface area contributed by atoms with Gasteiger partial charge in [-0.25, -0.2) is 0 Å². The van der Waals surface area contributed by atoms with Crippen molar-refractivity contribution in [3.63, 3.8) is 0 Å². The first-order chi connectivity index (χ1) is 8.29. The van der Waals surface area contributed by atoms with Gasteiger partial charge in [0.05, 0.1) is 0 Å². The smallest absolute Gasteiger partial charge is 0.240 e. The summed E-state index contributed by atoms with van der Waals surface area (Å²) in [7, 11) is 5.98. The van der Waals surface area contributed by atoms with Gasteiger partial charge in [-0.3, -0.25) is 9.69 Å². The van der Waals surface area contributed by atoms with E-state index in [0.717, 1.165) is 26.1 Å². The minimum absolute atomic E-state index is 0.0144. The third kappa shape index (κ3) is 3.43. The third-order valence-corrected chi connectivity index (χ3v) is 3.89. The van der Waals surface area contributed by atoms with Gasteiger partial charge in [0.2, 0.25) is 5.91 Å². The summed E-state index contributed by atoms with van der Waals surface area (Å²) in [5.74, 6) is 0.154. The minimum atomic E-state index is -0.188. The van der Waals surface area contributed by atoms with Gasteiger partial charge in [-0.2, -0.15) is 0 Å². The van der Waals surface area contributed by atoms with Gasteiger partial charge in [0.25, 0.3) is 0 Å². The highest BCUT2D eigenvalue weighted by molar-refractivity contribution is 5.82. The SMILES string of the molecule is CN(C)CCN1C(CN)C(=O)N(C)CCC1(C)C. The molecule has 0 aliphatic carbocycles. The molecule has 1 atom stereocenters. The Balaban J connectivity index is 2.92. The Morgan fingerprint density at radius 2 is 2.06 bits per heavy atom. The number of nitrogens with two attached hydrogens (primary N) is 1. The molecule has 1 saturated heterocycles. The number of rotatable bonds is 4. The van der Waals surface area contributed by atoms with Crippen LogP contribution in [-0.4, -0.2) is 79.5 Å². The van der Waals surface area contributed by atoms with Gasteiger partial charge in [-0.1, -0.05) is 0 Å². The van der Waals surface area contributed by atoms with Gasteiger partial charge in [0.15, 0.2) is 0 Å². The predicted molar refractivity (Wildman–Crippen MR) is 74.4 cm³/mol. The summed E-state index contributed by atoms with van der Waals surface area (Å²) in [6, 6.07) is -0.188. The van der Waals surface area contributed by atoms with Crippen LogP contribution in [-0.2, 0) is 4.79 Å². The van der Waals surface area contributed by atoms with Crippen LogP contribution in [0.5, 0.6) is 0 Å². The third-order valence-electron chi connectivity index (χ3n) is 3.89. The molecule has 1 fully saturated rings. The van der Waals surface area contributed by atoms with E-state index in [4.69, 9.17) is 5.73 Å².